The number of nitrogens with zero attached hydrogens (tertiary/aromatic N) is 1. The Hall–Kier alpha value is -0.800. The predicted molar refractivity (Wildman–Crippen MR) is 52.5 cm³/mol. The van der Waals surface area contributed by atoms with Gasteiger partial charge in [0.2, 0.25) is 5.91 Å². The van der Waals surface area contributed by atoms with Crippen molar-refractivity contribution in [1.82, 2.24) is 5.01 Å². The Labute approximate surface area is 82.8 Å². The van der Waals surface area contributed by atoms with Crippen molar-refractivity contribution in [3.05, 3.63) is 22.9 Å². The maximum absolute atomic E-state index is 10.9. The number of rotatable bonds is 1. The first-order valence-electron chi connectivity index (χ1n) is 4.14. The molecule has 1 atom stereocenters. The zero-order valence-corrected chi connectivity index (χ0v) is 8.51. The lowest BCUT2D eigenvalue weighted by molar-refractivity contribution is -0.127. The van der Waals surface area contributed by atoms with E-state index in [1.807, 2.05) is 6.92 Å². The average Bonchev–Trinajstić information content (AvgIpc) is 2.08. The van der Waals surface area contributed by atoms with E-state index < -0.39 is 0 Å². The van der Waals surface area contributed by atoms with Gasteiger partial charge < -0.3 is 0 Å². The van der Waals surface area contributed by atoms with Crippen LogP contribution in [0.4, 0.5) is 0 Å². The van der Waals surface area contributed by atoms with Gasteiger partial charge in [-0.15, -0.1) is 0 Å². The van der Waals surface area contributed by atoms with Gasteiger partial charge in [0, 0.05) is 17.7 Å². The smallest absolute Gasteiger partial charge is 0.237 e. The van der Waals surface area contributed by atoms with E-state index in [9.17, 15) is 4.79 Å². The van der Waals surface area contributed by atoms with Crippen LogP contribution in [-0.4, -0.2) is 10.9 Å². The molecule has 1 aliphatic carbocycles. The van der Waals surface area contributed by atoms with Crippen LogP contribution in [0.1, 0.15) is 20.3 Å². The molecule has 0 aromatic heterocycles. The van der Waals surface area contributed by atoms with E-state index in [0.717, 1.165) is 15.7 Å². The second-order valence-electron chi connectivity index (χ2n) is 3.20. The second kappa shape index (κ2) is 3.94. The average molecular weight is 201 g/mol. The molecule has 0 bridgehead atoms. The van der Waals surface area contributed by atoms with E-state index in [2.05, 4.69) is 0 Å². The van der Waals surface area contributed by atoms with Gasteiger partial charge in [-0.05, 0) is 24.5 Å². The normalized spacial score (nSPS) is 22.0. The number of nitrogens with two attached hydrogens (primary N) is 1. The lowest BCUT2D eigenvalue weighted by Gasteiger charge is -2.23. The summed E-state index contributed by atoms with van der Waals surface area (Å²) in [5.74, 6) is 5.62. The molecule has 2 N–H and O–H groups in total. The zero-order chi connectivity index (χ0) is 10.0. The zero-order valence-electron chi connectivity index (χ0n) is 7.75. The topological polar surface area (TPSA) is 46.3 Å². The minimum absolute atomic E-state index is 0.162. The van der Waals surface area contributed by atoms with Gasteiger partial charge in [0.05, 0.1) is 0 Å². The lowest BCUT2D eigenvalue weighted by Crippen LogP contribution is -2.35. The third-order valence-electron chi connectivity index (χ3n) is 2.07. The number of hydrogen-bond donors (Lipinski definition) is 1. The van der Waals surface area contributed by atoms with Gasteiger partial charge in [-0.1, -0.05) is 18.5 Å². The molecule has 1 unspecified atom stereocenters. The van der Waals surface area contributed by atoms with Gasteiger partial charge in [0.1, 0.15) is 0 Å². The van der Waals surface area contributed by atoms with E-state index in [4.69, 9.17) is 17.4 Å². The molecule has 1 rings (SSSR count). The Morgan fingerprint density at radius 2 is 2.31 bits per heavy atom. The molecule has 0 aliphatic heterocycles. The van der Waals surface area contributed by atoms with Gasteiger partial charge in [-0.3, -0.25) is 9.80 Å². The van der Waals surface area contributed by atoms with Crippen LogP contribution in [0.3, 0.4) is 0 Å². The molecule has 1 aliphatic rings. The number of allylic oxidation sites excluding steroid dienone is 4. The molecule has 0 fully saturated rings. The predicted octanol–water partition coefficient (Wildman–Crippen LogP) is 1.76. The molecule has 72 valence electrons. The van der Waals surface area contributed by atoms with Gasteiger partial charge in [-0.2, -0.15) is 0 Å². The van der Waals surface area contributed by atoms with E-state index in [0.29, 0.717) is 6.42 Å². The van der Waals surface area contributed by atoms with Crippen molar-refractivity contribution in [2.45, 2.75) is 20.3 Å². The van der Waals surface area contributed by atoms with E-state index in [1.54, 1.807) is 12.2 Å². The summed E-state index contributed by atoms with van der Waals surface area (Å²) in [7, 11) is 0. The van der Waals surface area contributed by atoms with Crippen LogP contribution in [0.2, 0.25) is 0 Å². The molecule has 4 heteroatoms. The maximum atomic E-state index is 10.9. The van der Waals surface area contributed by atoms with Crippen molar-refractivity contribution in [1.29, 1.82) is 0 Å². The summed E-state index contributed by atoms with van der Waals surface area (Å²) in [6.07, 6.45) is 4.28. The third-order valence-corrected chi connectivity index (χ3v) is 2.57. The molecular formula is C9H13ClN2O. The minimum atomic E-state index is -0.162. The number of carbonyl (C=O) groups excluding carboxylic acids is 1. The first kappa shape index (κ1) is 10.3. The molecule has 0 spiro atoms. The van der Waals surface area contributed by atoms with Crippen LogP contribution in [-0.2, 0) is 4.79 Å². The number of amides is 1. The van der Waals surface area contributed by atoms with Crippen molar-refractivity contribution in [3.8, 4) is 0 Å². The Kier molecular flexibility index (Phi) is 3.12. The molecule has 0 saturated heterocycles. The maximum Gasteiger partial charge on any atom is 0.237 e. The molecular weight excluding hydrogens is 188 g/mol. The number of halogens is 1. The molecule has 0 saturated carbocycles. The van der Waals surface area contributed by atoms with Gasteiger partial charge >= 0.3 is 0 Å². The summed E-state index contributed by atoms with van der Waals surface area (Å²) in [4.78, 5) is 10.9. The van der Waals surface area contributed by atoms with Crippen molar-refractivity contribution in [2.24, 2.45) is 11.8 Å². The highest BCUT2D eigenvalue weighted by molar-refractivity contribution is 6.30. The van der Waals surface area contributed by atoms with Crippen molar-refractivity contribution in [3.63, 3.8) is 0 Å². The molecule has 3 nitrogen and oxygen atoms in total. The Morgan fingerprint density at radius 1 is 1.69 bits per heavy atom. The Morgan fingerprint density at radius 3 is 2.77 bits per heavy atom. The van der Waals surface area contributed by atoms with E-state index in [-0.39, 0.29) is 11.8 Å². The van der Waals surface area contributed by atoms with Crippen molar-refractivity contribution >= 4 is 17.5 Å². The quantitative estimate of drug-likeness (QED) is 0.398. The van der Waals surface area contributed by atoms with Crippen LogP contribution in [0, 0.1) is 5.92 Å². The summed E-state index contributed by atoms with van der Waals surface area (Å²) < 4.78 is 0. The second-order valence-corrected chi connectivity index (χ2v) is 3.64. The molecule has 1 amide bonds. The fourth-order valence-electron chi connectivity index (χ4n) is 1.20. The summed E-state index contributed by atoms with van der Waals surface area (Å²) in [5, 5.41) is 1.97. The van der Waals surface area contributed by atoms with Crippen molar-refractivity contribution < 1.29 is 4.79 Å². The van der Waals surface area contributed by atoms with Gasteiger partial charge in [0.25, 0.3) is 0 Å². The molecule has 0 radical (unpaired) electrons. The summed E-state index contributed by atoms with van der Waals surface area (Å²) in [6, 6.07) is 0. The molecule has 0 aromatic rings. The summed E-state index contributed by atoms with van der Waals surface area (Å²) >= 11 is 5.89. The van der Waals surface area contributed by atoms with Crippen LogP contribution in [0.25, 0.3) is 0 Å². The molecule has 13 heavy (non-hydrogen) atoms. The van der Waals surface area contributed by atoms with Crippen LogP contribution >= 0.6 is 11.6 Å². The van der Waals surface area contributed by atoms with E-state index in [1.165, 1.54) is 6.92 Å². The highest BCUT2D eigenvalue weighted by Gasteiger charge is 2.18. The van der Waals surface area contributed by atoms with E-state index >= 15 is 0 Å². The first-order chi connectivity index (χ1) is 6.02. The number of hydrazine groups is 1. The van der Waals surface area contributed by atoms with Gasteiger partial charge in [0.15, 0.2) is 0 Å². The van der Waals surface area contributed by atoms with Crippen molar-refractivity contribution in [2.75, 3.05) is 0 Å². The van der Waals surface area contributed by atoms with Crippen LogP contribution in [0.15, 0.2) is 22.9 Å². The number of carbonyl (C=O) groups is 1. The Bertz CT molecular complexity index is 283. The fraction of sp³-hybridized carbons (Fsp3) is 0.444. The molecule has 0 heterocycles. The van der Waals surface area contributed by atoms with Gasteiger partial charge in [-0.25, -0.2) is 5.84 Å². The van der Waals surface area contributed by atoms with Crippen LogP contribution < -0.4 is 5.84 Å². The highest BCUT2D eigenvalue weighted by atomic mass is 35.5. The highest BCUT2D eigenvalue weighted by Crippen LogP contribution is 2.27. The van der Waals surface area contributed by atoms with Crippen LogP contribution in [0.5, 0.6) is 0 Å². The first-order valence-corrected chi connectivity index (χ1v) is 4.51. The number of hydrogen-bond acceptors (Lipinski definition) is 2. The lowest BCUT2D eigenvalue weighted by atomic mass is 10.00. The molecule has 0 aromatic carbocycles. The summed E-state index contributed by atoms with van der Waals surface area (Å²) in [5.41, 5.74) is 0.810. The Balaban J connectivity index is 2.79. The largest absolute Gasteiger partial charge is 0.273 e. The fourth-order valence-corrected chi connectivity index (χ4v) is 1.34. The third kappa shape index (κ3) is 2.32. The standard InChI is InChI=1S/C9H13ClN2O/c1-6-5-8(3-4-9(6)10)12(11)7(2)13/h3-4,6H,5,11H2,1-2H3. The SMILES string of the molecule is CC(=O)N(N)C1=CC=C(Cl)C(C)C1. The minimum Gasteiger partial charge on any atom is -0.273 e. The monoisotopic (exact) mass is 200 g/mol. The summed E-state index contributed by atoms with van der Waals surface area (Å²) in [6.45, 7) is 3.44.